The SMILES string of the molecule is CCC(CCN)CCC(=O)Nc1c(C)cc(C)cc1C. The number of carbonyl (C=O) groups excluding carboxylic acids is 1. The Morgan fingerprint density at radius 3 is 2.30 bits per heavy atom. The molecule has 0 saturated heterocycles. The van der Waals surface area contributed by atoms with Crippen molar-refractivity contribution in [1.29, 1.82) is 0 Å². The number of nitrogens with one attached hydrogen (secondary N) is 1. The highest BCUT2D eigenvalue weighted by molar-refractivity contribution is 5.92. The summed E-state index contributed by atoms with van der Waals surface area (Å²) in [4.78, 5) is 12.1. The molecule has 3 N–H and O–H groups in total. The van der Waals surface area contributed by atoms with E-state index in [-0.39, 0.29) is 5.91 Å². The number of rotatable bonds is 7. The molecule has 0 aliphatic heterocycles. The fourth-order valence-corrected chi connectivity index (χ4v) is 2.70. The van der Waals surface area contributed by atoms with Gasteiger partial charge in [-0.1, -0.05) is 31.0 Å². The summed E-state index contributed by atoms with van der Waals surface area (Å²) in [5, 5.41) is 3.06. The molecule has 0 heterocycles. The lowest BCUT2D eigenvalue weighted by Crippen LogP contribution is -2.16. The van der Waals surface area contributed by atoms with Gasteiger partial charge in [0.2, 0.25) is 5.91 Å². The Kier molecular flexibility index (Phi) is 6.73. The number of carbonyl (C=O) groups is 1. The Morgan fingerprint density at radius 1 is 1.20 bits per heavy atom. The van der Waals surface area contributed by atoms with Crippen molar-refractivity contribution < 1.29 is 4.79 Å². The molecule has 0 spiro atoms. The maximum Gasteiger partial charge on any atom is 0.224 e. The van der Waals surface area contributed by atoms with E-state index in [9.17, 15) is 4.79 Å². The van der Waals surface area contributed by atoms with Crippen LogP contribution >= 0.6 is 0 Å². The van der Waals surface area contributed by atoms with Gasteiger partial charge >= 0.3 is 0 Å². The molecule has 3 heteroatoms. The lowest BCUT2D eigenvalue weighted by molar-refractivity contribution is -0.116. The van der Waals surface area contributed by atoms with Crippen molar-refractivity contribution in [1.82, 2.24) is 0 Å². The monoisotopic (exact) mass is 276 g/mol. The van der Waals surface area contributed by atoms with Gasteiger partial charge in [0.15, 0.2) is 0 Å². The Morgan fingerprint density at radius 2 is 1.80 bits per heavy atom. The molecule has 1 aromatic carbocycles. The number of hydrogen-bond acceptors (Lipinski definition) is 2. The molecule has 0 fully saturated rings. The smallest absolute Gasteiger partial charge is 0.224 e. The third-order valence-electron chi connectivity index (χ3n) is 3.87. The van der Waals surface area contributed by atoms with Gasteiger partial charge in [0.1, 0.15) is 0 Å². The third-order valence-corrected chi connectivity index (χ3v) is 3.87. The summed E-state index contributed by atoms with van der Waals surface area (Å²) in [6.45, 7) is 9.02. The third kappa shape index (κ3) is 4.97. The number of nitrogens with two attached hydrogens (primary N) is 1. The van der Waals surface area contributed by atoms with E-state index < -0.39 is 0 Å². The van der Waals surface area contributed by atoms with E-state index in [0.717, 1.165) is 36.1 Å². The van der Waals surface area contributed by atoms with E-state index in [1.807, 2.05) is 13.8 Å². The zero-order chi connectivity index (χ0) is 15.1. The zero-order valence-electron chi connectivity index (χ0n) is 13.3. The number of benzene rings is 1. The number of anilines is 1. The molecular formula is C17H28N2O. The molecule has 1 atom stereocenters. The van der Waals surface area contributed by atoms with Crippen LogP contribution in [0.4, 0.5) is 5.69 Å². The normalized spacial score (nSPS) is 12.2. The fraction of sp³-hybridized carbons (Fsp3) is 0.588. The van der Waals surface area contributed by atoms with E-state index in [0.29, 0.717) is 18.9 Å². The summed E-state index contributed by atoms with van der Waals surface area (Å²) < 4.78 is 0. The van der Waals surface area contributed by atoms with Crippen molar-refractivity contribution in [3.63, 3.8) is 0 Å². The molecule has 0 aliphatic carbocycles. The highest BCUT2D eigenvalue weighted by Gasteiger charge is 2.11. The summed E-state index contributed by atoms with van der Waals surface area (Å²) in [5.74, 6) is 0.668. The highest BCUT2D eigenvalue weighted by Crippen LogP contribution is 2.23. The molecule has 1 rings (SSSR count). The minimum atomic E-state index is 0.107. The topological polar surface area (TPSA) is 55.1 Å². The Labute approximate surface area is 122 Å². The van der Waals surface area contributed by atoms with Gasteiger partial charge in [0.25, 0.3) is 0 Å². The first kappa shape index (κ1) is 16.7. The molecule has 0 bridgehead atoms. The minimum Gasteiger partial charge on any atom is -0.330 e. The van der Waals surface area contributed by atoms with Crippen LogP contribution in [-0.4, -0.2) is 12.5 Å². The van der Waals surface area contributed by atoms with Crippen molar-refractivity contribution in [2.24, 2.45) is 11.7 Å². The van der Waals surface area contributed by atoms with Crippen LogP contribution in [0.25, 0.3) is 0 Å². The van der Waals surface area contributed by atoms with Crippen LogP contribution in [0.15, 0.2) is 12.1 Å². The Hall–Kier alpha value is -1.35. The molecule has 0 aliphatic rings. The van der Waals surface area contributed by atoms with Crippen LogP contribution < -0.4 is 11.1 Å². The zero-order valence-corrected chi connectivity index (χ0v) is 13.3. The lowest BCUT2D eigenvalue weighted by Gasteiger charge is -2.15. The van der Waals surface area contributed by atoms with Gasteiger partial charge < -0.3 is 11.1 Å². The number of hydrogen-bond donors (Lipinski definition) is 2. The van der Waals surface area contributed by atoms with Crippen LogP contribution in [0.3, 0.4) is 0 Å². The van der Waals surface area contributed by atoms with Crippen LogP contribution in [0, 0.1) is 26.7 Å². The van der Waals surface area contributed by atoms with E-state index in [1.165, 1.54) is 5.56 Å². The first-order chi connectivity index (χ1) is 9.47. The van der Waals surface area contributed by atoms with Gasteiger partial charge in [-0.15, -0.1) is 0 Å². The maximum absolute atomic E-state index is 12.1. The van der Waals surface area contributed by atoms with Gasteiger partial charge in [-0.05, 0) is 57.2 Å². The predicted molar refractivity (Wildman–Crippen MR) is 86.0 cm³/mol. The molecule has 1 unspecified atom stereocenters. The molecule has 0 radical (unpaired) electrons. The lowest BCUT2D eigenvalue weighted by atomic mass is 9.96. The van der Waals surface area contributed by atoms with Crippen molar-refractivity contribution in [3.8, 4) is 0 Å². The highest BCUT2D eigenvalue weighted by atomic mass is 16.1. The first-order valence-corrected chi connectivity index (χ1v) is 7.55. The van der Waals surface area contributed by atoms with Gasteiger partial charge in [0.05, 0.1) is 0 Å². The van der Waals surface area contributed by atoms with Crippen LogP contribution in [-0.2, 0) is 4.79 Å². The Bertz CT molecular complexity index is 431. The first-order valence-electron chi connectivity index (χ1n) is 7.55. The van der Waals surface area contributed by atoms with E-state index in [4.69, 9.17) is 5.73 Å². The van der Waals surface area contributed by atoms with Gasteiger partial charge in [-0.3, -0.25) is 4.79 Å². The van der Waals surface area contributed by atoms with Gasteiger partial charge in [0, 0.05) is 12.1 Å². The standard InChI is InChI=1S/C17H28N2O/c1-5-15(8-9-18)6-7-16(20)19-17-13(3)10-12(2)11-14(17)4/h10-11,15H,5-9,18H2,1-4H3,(H,19,20). The van der Waals surface area contributed by atoms with E-state index >= 15 is 0 Å². The summed E-state index contributed by atoms with van der Waals surface area (Å²) >= 11 is 0. The number of aryl methyl sites for hydroxylation is 3. The summed E-state index contributed by atoms with van der Waals surface area (Å²) in [6.07, 6.45) is 3.59. The molecule has 20 heavy (non-hydrogen) atoms. The molecule has 3 nitrogen and oxygen atoms in total. The quantitative estimate of drug-likeness (QED) is 0.797. The van der Waals surface area contributed by atoms with Crippen LogP contribution in [0.2, 0.25) is 0 Å². The summed E-state index contributed by atoms with van der Waals surface area (Å²) in [5.41, 5.74) is 10.0. The average molecular weight is 276 g/mol. The molecular weight excluding hydrogens is 248 g/mol. The molecule has 0 saturated carbocycles. The second-order valence-electron chi connectivity index (χ2n) is 5.71. The summed E-state index contributed by atoms with van der Waals surface area (Å²) in [7, 11) is 0. The van der Waals surface area contributed by atoms with Gasteiger partial charge in [-0.2, -0.15) is 0 Å². The number of amides is 1. The molecule has 1 amide bonds. The van der Waals surface area contributed by atoms with Crippen LogP contribution in [0.5, 0.6) is 0 Å². The predicted octanol–water partition coefficient (Wildman–Crippen LogP) is 3.71. The average Bonchev–Trinajstić information content (AvgIpc) is 2.38. The largest absolute Gasteiger partial charge is 0.330 e. The van der Waals surface area contributed by atoms with Crippen molar-refractivity contribution >= 4 is 11.6 Å². The molecule has 0 aromatic heterocycles. The van der Waals surface area contributed by atoms with Crippen LogP contribution in [0.1, 0.15) is 49.3 Å². The van der Waals surface area contributed by atoms with E-state index in [2.05, 4.69) is 31.3 Å². The fourth-order valence-electron chi connectivity index (χ4n) is 2.70. The molecule has 1 aromatic rings. The molecule has 112 valence electrons. The Balaban J connectivity index is 2.59. The maximum atomic E-state index is 12.1. The second-order valence-corrected chi connectivity index (χ2v) is 5.71. The summed E-state index contributed by atoms with van der Waals surface area (Å²) in [6, 6.07) is 4.21. The van der Waals surface area contributed by atoms with Gasteiger partial charge in [-0.25, -0.2) is 0 Å². The van der Waals surface area contributed by atoms with Crippen molar-refractivity contribution in [2.75, 3.05) is 11.9 Å². The van der Waals surface area contributed by atoms with E-state index in [1.54, 1.807) is 0 Å². The van der Waals surface area contributed by atoms with Crippen molar-refractivity contribution in [3.05, 3.63) is 28.8 Å². The van der Waals surface area contributed by atoms with Crippen molar-refractivity contribution in [2.45, 2.75) is 53.4 Å². The minimum absolute atomic E-state index is 0.107. The second kappa shape index (κ2) is 8.05.